The van der Waals surface area contributed by atoms with Crippen LogP contribution >= 0.6 is 0 Å². The van der Waals surface area contributed by atoms with E-state index in [2.05, 4.69) is 97.4 Å². The zero-order valence-corrected chi connectivity index (χ0v) is 34.7. The molecule has 0 aromatic heterocycles. The summed E-state index contributed by atoms with van der Waals surface area (Å²) in [6, 6.07) is 53.3. The van der Waals surface area contributed by atoms with Crippen LogP contribution in [0.4, 0.5) is 5.69 Å². The highest BCUT2D eigenvalue weighted by atomic mass is 16.5. The Balaban J connectivity index is 1.04. The number of hydrogen-bond donors (Lipinski definition) is 1. The molecular formula is C57H41NO6. The molecule has 0 aliphatic rings. The molecule has 1 N–H and O–H groups in total. The number of ether oxygens (including phenoxy) is 2. The first-order valence-electron chi connectivity index (χ1n) is 20.6. The predicted octanol–water partition coefficient (Wildman–Crippen LogP) is 12.9. The van der Waals surface area contributed by atoms with E-state index in [-0.39, 0.29) is 18.1 Å². The van der Waals surface area contributed by atoms with E-state index in [1.165, 1.54) is 12.2 Å². The molecule has 1 amide bonds. The molecule has 0 radical (unpaired) electrons. The number of esters is 2. The van der Waals surface area contributed by atoms with Gasteiger partial charge in [0.1, 0.15) is 11.5 Å². The highest BCUT2D eigenvalue weighted by Crippen LogP contribution is 2.40. The molecule has 0 saturated heterocycles. The molecule has 0 unspecified atom stereocenters. The average molecular weight is 836 g/mol. The summed E-state index contributed by atoms with van der Waals surface area (Å²) in [6.07, 6.45) is 11.0. The standard InChI is InChI=1S/C57H41NO6/c1-3-48(59)37-40-15-23-45(24-16-40)56(61)63-49-33-17-38(18-34-49)13-21-43-27-25-41-9-5-7-11-51(41)54(43)55-44(28-26-42-10-6-8-12-52(42)55)22-14-39-19-35-50(36-20-39)64-57(62)46-29-31-47(32-30-46)58-53(60)4-2/h3-36H,1-2,37H2,(H,58,60)/b21-13+,22-14+. The number of carbonyl (C=O) groups is 4. The number of fused-ring (bicyclic) bond motifs is 2. The number of benzene rings is 8. The molecule has 0 fully saturated rings. The zero-order valence-electron chi connectivity index (χ0n) is 34.7. The van der Waals surface area contributed by atoms with Crippen LogP contribution in [-0.2, 0) is 16.0 Å². The van der Waals surface area contributed by atoms with E-state index in [0.29, 0.717) is 28.3 Å². The first kappa shape index (κ1) is 42.0. The number of rotatable bonds is 14. The van der Waals surface area contributed by atoms with Crippen LogP contribution < -0.4 is 14.8 Å². The predicted molar refractivity (Wildman–Crippen MR) is 258 cm³/mol. The molecule has 64 heavy (non-hydrogen) atoms. The molecule has 0 aliphatic carbocycles. The van der Waals surface area contributed by atoms with Crippen molar-refractivity contribution in [1.29, 1.82) is 0 Å². The molecule has 0 bridgehead atoms. The number of allylic oxidation sites excluding steroid dienone is 1. The monoisotopic (exact) mass is 835 g/mol. The Morgan fingerprint density at radius 3 is 1.38 bits per heavy atom. The molecule has 0 atom stereocenters. The molecule has 7 nitrogen and oxygen atoms in total. The topological polar surface area (TPSA) is 98.8 Å². The van der Waals surface area contributed by atoms with Crippen LogP contribution in [0.15, 0.2) is 195 Å². The SMILES string of the molecule is C=CC(=O)Cc1ccc(C(=O)Oc2ccc(/C=C/c3ccc4ccccc4c3-c3c(/C=C/c4ccc(OC(=O)c5ccc(NC(=O)C=C)cc5)cc4)ccc4ccccc34)cc2)cc1. The third-order valence-corrected chi connectivity index (χ3v) is 10.6. The molecular weight excluding hydrogens is 795 g/mol. The van der Waals surface area contributed by atoms with Gasteiger partial charge in [0.25, 0.3) is 0 Å². The van der Waals surface area contributed by atoms with Crippen LogP contribution in [0.1, 0.15) is 48.5 Å². The van der Waals surface area contributed by atoms with E-state index in [4.69, 9.17) is 9.47 Å². The van der Waals surface area contributed by atoms with E-state index in [0.717, 1.165) is 60.5 Å². The van der Waals surface area contributed by atoms with Gasteiger partial charge in [0.15, 0.2) is 5.78 Å². The Bertz CT molecular complexity index is 2910. The van der Waals surface area contributed by atoms with Gasteiger partial charge in [-0.05, 0) is 133 Å². The molecule has 8 aromatic carbocycles. The maximum atomic E-state index is 12.9. The first-order chi connectivity index (χ1) is 31.2. The fraction of sp³-hybridized carbons (Fsp3) is 0.0175. The molecule has 0 heterocycles. The van der Waals surface area contributed by atoms with Gasteiger partial charge >= 0.3 is 11.9 Å². The van der Waals surface area contributed by atoms with Gasteiger partial charge in [-0.25, -0.2) is 9.59 Å². The summed E-state index contributed by atoms with van der Waals surface area (Å²) in [5, 5.41) is 7.11. The zero-order chi connectivity index (χ0) is 44.4. The van der Waals surface area contributed by atoms with Crippen molar-refractivity contribution in [3.63, 3.8) is 0 Å². The normalized spacial score (nSPS) is 11.1. The lowest BCUT2D eigenvalue weighted by Crippen LogP contribution is -2.10. The summed E-state index contributed by atoms with van der Waals surface area (Å²) in [5.74, 6) is -0.598. The van der Waals surface area contributed by atoms with Crippen LogP contribution in [0.3, 0.4) is 0 Å². The maximum absolute atomic E-state index is 12.9. The summed E-state index contributed by atoms with van der Waals surface area (Å²) in [6.45, 7) is 6.96. The Morgan fingerprint density at radius 1 is 0.469 bits per heavy atom. The highest BCUT2D eigenvalue weighted by Gasteiger charge is 2.16. The number of hydrogen-bond acceptors (Lipinski definition) is 6. The van der Waals surface area contributed by atoms with Crippen molar-refractivity contribution in [3.05, 3.63) is 234 Å². The van der Waals surface area contributed by atoms with Crippen molar-refractivity contribution in [3.8, 4) is 22.6 Å². The summed E-state index contributed by atoms with van der Waals surface area (Å²) >= 11 is 0. The summed E-state index contributed by atoms with van der Waals surface area (Å²) in [7, 11) is 0. The molecule has 8 aromatic rings. The van der Waals surface area contributed by atoms with E-state index in [9.17, 15) is 19.2 Å². The molecule has 8 rings (SSSR count). The fourth-order valence-corrected chi connectivity index (χ4v) is 7.33. The van der Waals surface area contributed by atoms with Gasteiger partial charge in [0.2, 0.25) is 5.91 Å². The molecule has 0 aliphatic heterocycles. The Morgan fingerprint density at radius 2 is 0.922 bits per heavy atom. The van der Waals surface area contributed by atoms with Crippen molar-refractivity contribution in [2.45, 2.75) is 6.42 Å². The lowest BCUT2D eigenvalue weighted by Gasteiger charge is -2.17. The second-order valence-electron chi connectivity index (χ2n) is 14.9. The smallest absolute Gasteiger partial charge is 0.343 e. The fourth-order valence-electron chi connectivity index (χ4n) is 7.33. The van der Waals surface area contributed by atoms with Gasteiger partial charge in [0, 0.05) is 12.1 Å². The van der Waals surface area contributed by atoms with Crippen molar-refractivity contribution in [2.24, 2.45) is 0 Å². The van der Waals surface area contributed by atoms with Crippen LogP contribution in [0.25, 0.3) is 57.0 Å². The van der Waals surface area contributed by atoms with Crippen molar-refractivity contribution in [2.75, 3.05) is 5.32 Å². The third kappa shape index (κ3) is 9.92. The van der Waals surface area contributed by atoms with Crippen LogP contribution in [0, 0.1) is 0 Å². The van der Waals surface area contributed by atoms with Crippen molar-refractivity contribution >= 4 is 75.2 Å². The second kappa shape index (κ2) is 19.4. The minimum atomic E-state index is -0.511. The van der Waals surface area contributed by atoms with Gasteiger partial charge < -0.3 is 14.8 Å². The number of carbonyl (C=O) groups excluding carboxylic acids is 4. The lowest BCUT2D eigenvalue weighted by atomic mass is 9.86. The summed E-state index contributed by atoms with van der Waals surface area (Å²) < 4.78 is 11.3. The Hall–Kier alpha value is -8.68. The van der Waals surface area contributed by atoms with E-state index < -0.39 is 11.9 Å². The Labute approximate surface area is 370 Å². The lowest BCUT2D eigenvalue weighted by molar-refractivity contribution is -0.114. The minimum Gasteiger partial charge on any atom is -0.423 e. The third-order valence-electron chi connectivity index (χ3n) is 10.6. The molecule has 0 spiro atoms. The molecule has 0 saturated carbocycles. The van der Waals surface area contributed by atoms with Crippen LogP contribution in [0.5, 0.6) is 11.5 Å². The summed E-state index contributed by atoms with van der Waals surface area (Å²) in [5.41, 5.74) is 8.17. The second-order valence-corrected chi connectivity index (χ2v) is 14.9. The van der Waals surface area contributed by atoms with Gasteiger partial charge in [0.05, 0.1) is 11.1 Å². The van der Waals surface area contributed by atoms with Crippen molar-refractivity contribution in [1.82, 2.24) is 0 Å². The number of ketones is 1. The van der Waals surface area contributed by atoms with E-state index in [1.54, 1.807) is 72.8 Å². The Kier molecular flexibility index (Phi) is 12.7. The van der Waals surface area contributed by atoms with E-state index in [1.807, 2.05) is 42.5 Å². The number of nitrogens with one attached hydrogen (secondary N) is 1. The number of amides is 1. The molecule has 7 heteroatoms. The first-order valence-corrected chi connectivity index (χ1v) is 20.6. The molecule has 310 valence electrons. The quantitative estimate of drug-likeness (QED) is 0.0507. The van der Waals surface area contributed by atoms with Gasteiger partial charge in [-0.1, -0.05) is 147 Å². The highest BCUT2D eigenvalue weighted by molar-refractivity contribution is 6.11. The number of anilines is 1. The summed E-state index contributed by atoms with van der Waals surface area (Å²) in [4.78, 5) is 49.1. The minimum absolute atomic E-state index is 0.0874. The maximum Gasteiger partial charge on any atom is 0.343 e. The van der Waals surface area contributed by atoms with Gasteiger partial charge in [-0.3, -0.25) is 9.59 Å². The van der Waals surface area contributed by atoms with Crippen molar-refractivity contribution < 1.29 is 28.7 Å². The largest absolute Gasteiger partial charge is 0.423 e. The van der Waals surface area contributed by atoms with Gasteiger partial charge in [-0.15, -0.1) is 0 Å². The van der Waals surface area contributed by atoms with E-state index >= 15 is 0 Å². The van der Waals surface area contributed by atoms with Gasteiger partial charge in [-0.2, -0.15) is 0 Å². The average Bonchev–Trinajstić information content (AvgIpc) is 3.33. The van der Waals surface area contributed by atoms with Crippen LogP contribution in [0.2, 0.25) is 0 Å². The van der Waals surface area contributed by atoms with Crippen LogP contribution in [-0.4, -0.2) is 23.6 Å².